The normalized spacial score (nSPS) is 11.9. The van der Waals surface area contributed by atoms with Crippen LogP contribution in [0.25, 0.3) is 0 Å². The Bertz CT molecular complexity index is 971. The van der Waals surface area contributed by atoms with E-state index in [1.807, 2.05) is 80.9 Å². The first-order valence-electron chi connectivity index (χ1n) is 9.05. The molecule has 0 saturated carbocycles. The van der Waals surface area contributed by atoms with Crippen molar-refractivity contribution in [2.75, 3.05) is 11.1 Å². The fourth-order valence-electron chi connectivity index (χ4n) is 2.78. The van der Waals surface area contributed by atoms with Crippen molar-refractivity contribution in [3.05, 3.63) is 65.5 Å². The molecule has 6 nitrogen and oxygen atoms in total. The number of ether oxygens (including phenoxy) is 1. The molecular weight excluding hydrogens is 372 g/mol. The third-order valence-electron chi connectivity index (χ3n) is 4.29. The maximum Gasteiger partial charge on any atom is 0.234 e. The summed E-state index contributed by atoms with van der Waals surface area (Å²) >= 11 is 1.35. The minimum Gasteiger partial charge on any atom is -0.483 e. The van der Waals surface area contributed by atoms with Gasteiger partial charge in [-0.25, -0.2) is 0 Å². The topological polar surface area (TPSA) is 69.0 Å². The lowest BCUT2D eigenvalue weighted by Crippen LogP contribution is -2.15. The summed E-state index contributed by atoms with van der Waals surface area (Å²) in [5.74, 6) is 1.69. The van der Waals surface area contributed by atoms with Crippen molar-refractivity contribution in [2.24, 2.45) is 7.05 Å². The minimum absolute atomic E-state index is 0.0760. The number of nitrogens with one attached hydrogen (secondary N) is 1. The molecule has 3 aromatic rings. The molecule has 0 bridgehead atoms. The maximum atomic E-state index is 12.2. The molecule has 0 aliphatic carbocycles. The van der Waals surface area contributed by atoms with Crippen molar-refractivity contribution < 1.29 is 9.53 Å². The zero-order valence-electron chi connectivity index (χ0n) is 16.5. The Morgan fingerprint density at radius 1 is 1.18 bits per heavy atom. The van der Waals surface area contributed by atoms with Crippen LogP contribution < -0.4 is 10.1 Å². The van der Waals surface area contributed by atoms with Crippen LogP contribution in [-0.4, -0.2) is 26.4 Å². The number of anilines is 1. The molecule has 28 heavy (non-hydrogen) atoms. The van der Waals surface area contributed by atoms with Gasteiger partial charge in [0.15, 0.2) is 17.1 Å². The van der Waals surface area contributed by atoms with Crippen LogP contribution in [0, 0.1) is 13.8 Å². The van der Waals surface area contributed by atoms with Gasteiger partial charge in [0.25, 0.3) is 0 Å². The number of para-hydroxylation sites is 1. The highest BCUT2D eigenvalue weighted by atomic mass is 32.2. The number of aryl methyl sites for hydroxylation is 2. The van der Waals surface area contributed by atoms with Crippen molar-refractivity contribution in [2.45, 2.75) is 32.0 Å². The minimum atomic E-state index is -0.255. The van der Waals surface area contributed by atoms with E-state index < -0.39 is 0 Å². The molecular formula is C21H24N4O2S. The molecule has 3 rings (SSSR count). The largest absolute Gasteiger partial charge is 0.483 e. The summed E-state index contributed by atoms with van der Waals surface area (Å²) in [5.41, 5.74) is 2.99. The molecule has 1 atom stereocenters. The summed E-state index contributed by atoms with van der Waals surface area (Å²) in [6, 6.07) is 15.6. The number of nitrogens with zero attached hydrogens (tertiary/aromatic N) is 3. The quantitative estimate of drug-likeness (QED) is 0.603. The van der Waals surface area contributed by atoms with Crippen LogP contribution in [0.4, 0.5) is 5.69 Å². The van der Waals surface area contributed by atoms with Crippen LogP contribution >= 0.6 is 11.8 Å². The third kappa shape index (κ3) is 4.92. The van der Waals surface area contributed by atoms with Crippen LogP contribution in [0.1, 0.15) is 30.0 Å². The standard InChI is InChI=1S/C21H24N4O2S/c1-14-8-7-10-17(12-14)27-16(3)20-23-24-21(25(20)4)28-13-19(26)22-18-11-6-5-9-15(18)2/h5-12,16H,13H2,1-4H3,(H,22,26). The van der Waals surface area contributed by atoms with E-state index in [1.54, 1.807) is 0 Å². The fraction of sp³-hybridized carbons (Fsp3) is 0.286. The lowest BCUT2D eigenvalue weighted by Gasteiger charge is -2.14. The van der Waals surface area contributed by atoms with Gasteiger partial charge in [0.05, 0.1) is 5.75 Å². The molecule has 7 heteroatoms. The van der Waals surface area contributed by atoms with E-state index in [-0.39, 0.29) is 17.8 Å². The summed E-state index contributed by atoms with van der Waals surface area (Å²) in [7, 11) is 1.88. The van der Waals surface area contributed by atoms with E-state index in [2.05, 4.69) is 15.5 Å². The summed E-state index contributed by atoms with van der Waals surface area (Å²) in [5, 5.41) is 12.1. The van der Waals surface area contributed by atoms with Gasteiger partial charge in [0.1, 0.15) is 5.75 Å². The Hall–Kier alpha value is -2.80. The molecule has 0 aliphatic heterocycles. The second-order valence-electron chi connectivity index (χ2n) is 6.63. The van der Waals surface area contributed by atoms with Gasteiger partial charge in [-0.05, 0) is 50.1 Å². The lowest BCUT2D eigenvalue weighted by molar-refractivity contribution is -0.113. The van der Waals surface area contributed by atoms with E-state index in [0.29, 0.717) is 11.0 Å². The molecule has 1 aromatic heterocycles. The van der Waals surface area contributed by atoms with E-state index in [0.717, 1.165) is 22.6 Å². The monoisotopic (exact) mass is 396 g/mol. The molecule has 2 aromatic carbocycles. The Labute approximate surface area is 169 Å². The predicted octanol–water partition coefficient (Wildman–Crippen LogP) is 4.30. The average molecular weight is 397 g/mol. The Balaban J connectivity index is 1.59. The Kier molecular flexibility index (Phi) is 6.36. The van der Waals surface area contributed by atoms with E-state index >= 15 is 0 Å². The van der Waals surface area contributed by atoms with E-state index in [4.69, 9.17) is 4.74 Å². The summed E-state index contributed by atoms with van der Waals surface area (Å²) in [6.45, 7) is 5.93. The molecule has 1 unspecified atom stereocenters. The van der Waals surface area contributed by atoms with E-state index in [9.17, 15) is 4.79 Å². The van der Waals surface area contributed by atoms with Crippen LogP contribution in [0.3, 0.4) is 0 Å². The maximum absolute atomic E-state index is 12.2. The van der Waals surface area contributed by atoms with Gasteiger partial charge < -0.3 is 14.6 Å². The van der Waals surface area contributed by atoms with Crippen molar-refractivity contribution >= 4 is 23.4 Å². The van der Waals surface area contributed by atoms with Crippen molar-refractivity contribution in [3.8, 4) is 5.75 Å². The number of carbonyl (C=O) groups excluding carboxylic acids is 1. The molecule has 0 radical (unpaired) electrons. The summed E-state index contributed by atoms with van der Waals surface area (Å²) in [6.07, 6.45) is -0.255. The van der Waals surface area contributed by atoms with Crippen molar-refractivity contribution in [3.63, 3.8) is 0 Å². The summed E-state index contributed by atoms with van der Waals surface area (Å²) < 4.78 is 7.85. The number of thioether (sulfide) groups is 1. The van der Waals surface area contributed by atoms with Gasteiger partial charge in [-0.1, -0.05) is 42.1 Å². The van der Waals surface area contributed by atoms with Crippen molar-refractivity contribution in [1.29, 1.82) is 0 Å². The second-order valence-corrected chi connectivity index (χ2v) is 7.57. The number of hydrogen-bond donors (Lipinski definition) is 1. The fourth-order valence-corrected chi connectivity index (χ4v) is 3.50. The predicted molar refractivity (Wildman–Crippen MR) is 112 cm³/mol. The molecule has 1 heterocycles. The van der Waals surface area contributed by atoms with Crippen LogP contribution in [0.2, 0.25) is 0 Å². The smallest absolute Gasteiger partial charge is 0.234 e. The molecule has 0 aliphatic rings. The van der Waals surface area contributed by atoms with Crippen LogP contribution in [0.15, 0.2) is 53.7 Å². The molecule has 0 fully saturated rings. The Morgan fingerprint density at radius 2 is 1.96 bits per heavy atom. The molecule has 146 valence electrons. The van der Waals surface area contributed by atoms with Gasteiger partial charge in [-0.3, -0.25) is 4.79 Å². The summed E-state index contributed by atoms with van der Waals surface area (Å²) in [4.78, 5) is 12.2. The van der Waals surface area contributed by atoms with Gasteiger partial charge in [-0.2, -0.15) is 0 Å². The van der Waals surface area contributed by atoms with Gasteiger partial charge >= 0.3 is 0 Å². The Morgan fingerprint density at radius 3 is 2.71 bits per heavy atom. The number of benzene rings is 2. The zero-order valence-corrected chi connectivity index (χ0v) is 17.3. The van der Waals surface area contributed by atoms with Gasteiger partial charge in [0, 0.05) is 12.7 Å². The van der Waals surface area contributed by atoms with Gasteiger partial charge in [-0.15, -0.1) is 10.2 Å². The number of amides is 1. The molecule has 1 amide bonds. The van der Waals surface area contributed by atoms with Crippen LogP contribution in [0.5, 0.6) is 5.75 Å². The third-order valence-corrected chi connectivity index (χ3v) is 5.31. The first-order valence-corrected chi connectivity index (χ1v) is 10.0. The van der Waals surface area contributed by atoms with Gasteiger partial charge in [0.2, 0.25) is 5.91 Å². The molecule has 0 spiro atoms. The highest BCUT2D eigenvalue weighted by molar-refractivity contribution is 7.99. The SMILES string of the molecule is Cc1cccc(OC(C)c2nnc(SCC(=O)Nc3ccccc3C)n2C)c1. The first kappa shape index (κ1) is 19.9. The first-order chi connectivity index (χ1) is 13.4. The molecule has 0 saturated heterocycles. The number of rotatable bonds is 7. The highest BCUT2D eigenvalue weighted by Gasteiger charge is 2.18. The number of aromatic nitrogens is 3. The highest BCUT2D eigenvalue weighted by Crippen LogP contribution is 2.24. The second kappa shape index (κ2) is 8.93. The average Bonchev–Trinajstić information content (AvgIpc) is 3.02. The number of hydrogen-bond acceptors (Lipinski definition) is 5. The van der Waals surface area contributed by atoms with Crippen molar-refractivity contribution in [1.82, 2.24) is 14.8 Å². The van der Waals surface area contributed by atoms with Crippen LogP contribution in [-0.2, 0) is 11.8 Å². The number of carbonyl (C=O) groups is 1. The van der Waals surface area contributed by atoms with E-state index in [1.165, 1.54) is 11.8 Å². The molecule has 1 N–H and O–H groups in total. The lowest BCUT2D eigenvalue weighted by atomic mass is 10.2. The zero-order chi connectivity index (χ0) is 20.1.